The minimum atomic E-state index is -1.53. The van der Waals surface area contributed by atoms with Crippen LogP contribution in [-0.2, 0) is 37.9 Å². The Balaban J connectivity index is 1.48. The van der Waals surface area contributed by atoms with Crippen molar-refractivity contribution in [3.05, 3.63) is 144 Å². The molecule has 1 aliphatic heterocycles. The molecule has 1 aliphatic rings. The van der Waals surface area contributed by atoms with E-state index in [1.807, 2.05) is 0 Å². The Labute approximate surface area is 306 Å². The van der Waals surface area contributed by atoms with Crippen molar-refractivity contribution in [1.82, 2.24) is 0 Å². The van der Waals surface area contributed by atoms with Gasteiger partial charge in [-0.1, -0.05) is 78.7 Å². The summed E-state index contributed by atoms with van der Waals surface area (Å²) in [6.45, 7) is 0.122. The summed E-state index contributed by atoms with van der Waals surface area (Å²) in [5.74, 6) is -0.720. The van der Waals surface area contributed by atoms with Crippen LogP contribution in [-0.4, -0.2) is 94.2 Å². The molecule has 0 unspecified atom stereocenters. The zero-order valence-electron chi connectivity index (χ0n) is 28.7. The number of esters is 4. The lowest BCUT2D eigenvalue weighted by Crippen LogP contribution is -2.63. The molecule has 0 aliphatic carbocycles. The quantitative estimate of drug-likeness (QED) is 0.0632. The van der Waals surface area contributed by atoms with Gasteiger partial charge in [0.25, 0.3) is 0 Å². The van der Waals surface area contributed by atoms with Crippen LogP contribution in [0.25, 0.3) is 0 Å². The number of hydrogen-bond acceptors (Lipinski definition) is 12. The molecule has 0 N–H and O–H groups in total. The Morgan fingerprint density at radius 2 is 0.943 bits per heavy atom. The highest BCUT2D eigenvalue weighted by Gasteiger charge is 2.53. The summed E-state index contributed by atoms with van der Waals surface area (Å²) >= 11 is 0. The first-order chi connectivity index (χ1) is 25.9. The van der Waals surface area contributed by atoms with Crippen molar-refractivity contribution in [2.45, 2.75) is 30.7 Å². The molecular formula is C41H38O12. The van der Waals surface area contributed by atoms with Crippen LogP contribution in [0.5, 0.6) is 0 Å². The molecule has 0 saturated carbocycles. The Bertz CT molecular complexity index is 1790. The maximum atomic E-state index is 13.7. The second-order valence-corrected chi connectivity index (χ2v) is 11.5. The second-order valence-electron chi connectivity index (χ2n) is 11.5. The van der Waals surface area contributed by atoms with Crippen molar-refractivity contribution in [2.24, 2.45) is 0 Å². The highest BCUT2D eigenvalue weighted by atomic mass is 16.7. The van der Waals surface area contributed by atoms with Gasteiger partial charge in [0.1, 0.15) is 19.3 Å². The van der Waals surface area contributed by atoms with Gasteiger partial charge in [-0.2, -0.15) is 0 Å². The number of carbonyl (C=O) groups is 4. The zero-order valence-corrected chi connectivity index (χ0v) is 28.7. The first-order valence-electron chi connectivity index (χ1n) is 16.8. The molecule has 274 valence electrons. The van der Waals surface area contributed by atoms with E-state index in [-0.39, 0.29) is 55.3 Å². The van der Waals surface area contributed by atoms with Gasteiger partial charge in [0.05, 0.1) is 48.7 Å². The van der Waals surface area contributed by atoms with Crippen molar-refractivity contribution in [2.75, 3.05) is 39.6 Å². The smallest absolute Gasteiger partial charge is 0.338 e. The Hall–Kier alpha value is -5.84. The molecule has 4 aromatic rings. The average Bonchev–Trinajstić information content (AvgIpc) is 3.21. The molecule has 12 nitrogen and oxygen atoms in total. The summed E-state index contributed by atoms with van der Waals surface area (Å²) in [6, 6.07) is 32.6. The third-order valence-electron chi connectivity index (χ3n) is 7.80. The predicted octanol–water partition coefficient (Wildman–Crippen LogP) is 4.93. The molecule has 1 heterocycles. The Morgan fingerprint density at radius 3 is 1.43 bits per heavy atom. The van der Waals surface area contributed by atoms with E-state index in [1.54, 1.807) is 97.1 Å². The zero-order chi connectivity index (χ0) is 37.3. The van der Waals surface area contributed by atoms with Crippen molar-refractivity contribution in [3.8, 4) is 12.3 Å². The minimum Gasteiger partial charge on any atom is -0.459 e. The van der Waals surface area contributed by atoms with Crippen molar-refractivity contribution in [3.63, 3.8) is 0 Å². The number of hydrogen-bond donors (Lipinski definition) is 0. The molecule has 1 saturated heterocycles. The van der Waals surface area contributed by atoms with Crippen LogP contribution in [0.2, 0.25) is 0 Å². The fourth-order valence-electron chi connectivity index (χ4n) is 5.24. The third kappa shape index (κ3) is 11.3. The highest BCUT2D eigenvalue weighted by Crippen LogP contribution is 2.32. The highest BCUT2D eigenvalue weighted by molar-refractivity contribution is 5.91. The molecule has 0 bridgehead atoms. The number of terminal acetylenes is 1. The van der Waals surface area contributed by atoms with Gasteiger partial charge in [0.2, 0.25) is 0 Å². The van der Waals surface area contributed by atoms with Crippen LogP contribution in [0.3, 0.4) is 0 Å². The molecule has 0 amide bonds. The molecule has 1 fully saturated rings. The van der Waals surface area contributed by atoms with E-state index in [4.69, 9.17) is 44.3 Å². The van der Waals surface area contributed by atoms with Gasteiger partial charge in [-0.15, -0.1) is 6.42 Å². The molecular weight excluding hydrogens is 684 g/mol. The normalized spacial score (nSPS) is 19.3. The largest absolute Gasteiger partial charge is 0.459 e. The lowest BCUT2D eigenvalue weighted by Gasteiger charge is -2.44. The van der Waals surface area contributed by atoms with E-state index < -0.39 is 61.2 Å². The molecule has 4 aromatic carbocycles. The van der Waals surface area contributed by atoms with E-state index in [0.29, 0.717) is 0 Å². The number of benzene rings is 4. The lowest BCUT2D eigenvalue weighted by molar-refractivity contribution is -0.299. The summed E-state index contributed by atoms with van der Waals surface area (Å²) < 4.78 is 46.8. The Kier molecular flexibility index (Phi) is 14.7. The minimum absolute atomic E-state index is 0.0627. The fraction of sp³-hybridized carbons (Fsp3) is 0.268. The molecule has 0 radical (unpaired) electrons. The van der Waals surface area contributed by atoms with Crippen molar-refractivity contribution >= 4 is 23.9 Å². The number of carbonyl (C=O) groups excluding carboxylic acids is 4. The topological polar surface area (TPSA) is 142 Å². The van der Waals surface area contributed by atoms with Gasteiger partial charge in [-0.25, -0.2) is 19.2 Å². The first-order valence-corrected chi connectivity index (χ1v) is 16.8. The maximum absolute atomic E-state index is 13.7. The third-order valence-corrected chi connectivity index (χ3v) is 7.80. The van der Waals surface area contributed by atoms with Crippen LogP contribution in [0, 0.1) is 12.3 Å². The summed E-state index contributed by atoms with van der Waals surface area (Å²) in [6.07, 6.45) is -2.00. The first kappa shape index (κ1) is 38.4. The van der Waals surface area contributed by atoms with Gasteiger partial charge in [0.15, 0.2) is 24.6 Å². The summed E-state index contributed by atoms with van der Waals surface area (Å²) in [7, 11) is 0. The maximum Gasteiger partial charge on any atom is 0.338 e. The van der Waals surface area contributed by atoms with E-state index in [2.05, 4.69) is 5.92 Å². The predicted molar refractivity (Wildman–Crippen MR) is 189 cm³/mol. The molecule has 0 spiro atoms. The van der Waals surface area contributed by atoms with E-state index >= 15 is 0 Å². The molecule has 0 aromatic heterocycles. The van der Waals surface area contributed by atoms with E-state index in [0.717, 1.165) is 0 Å². The van der Waals surface area contributed by atoms with Gasteiger partial charge in [0, 0.05) is 0 Å². The molecule has 5 rings (SSSR count). The van der Waals surface area contributed by atoms with Crippen LogP contribution < -0.4 is 0 Å². The average molecular weight is 723 g/mol. The second kappa shape index (κ2) is 20.3. The monoisotopic (exact) mass is 722 g/mol. The van der Waals surface area contributed by atoms with Crippen LogP contribution >= 0.6 is 0 Å². The molecule has 12 heteroatoms. The van der Waals surface area contributed by atoms with Crippen LogP contribution in [0.1, 0.15) is 41.4 Å². The van der Waals surface area contributed by atoms with Gasteiger partial charge < -0.3 is 37.9 Å². The summed E-state index contributed by atoms with van der Waals surface area (Å²) in [5.41, 5.74) is 0.802. The standard InChI is InChI=1S/C41H38O12/c1-2-23-46-24-25-47-26-27-48-41-36(53-40(45)32-21-13-6-14-22-32)35(52-39(44)31-19-11-5-12-20-31)34(51-38(43)30-17-9-4-10-18-30)33(50-41)28-49-37(42)29-15-7-3-8-16-29/h1,3-22,33-36,41H,23-28H2/t33-,34-,35+,36+,41+/m1/s1. The molecule has 5 atom stereocenters. The Morgan fingerprint density at radius 1 is 0.528 bits per heavy atom. The van der Waals surface area contributed by atoms with Gasteiger partial charge >= 0.3 is 23.9 Å². The van der Waals surface area contributed by atoms with Gasteiger partial charge in [-0.3, -0.25) is 0 Å². The molecule has 53 heavy (non-hydrogen) atoms. The van der Waals surface area contributed by atoms with Crippen molar-refractivity contribution in [1.29, 1.82) is 0 Å². The summed E-state index contributed by atoms with van der Waals surface area (Å²) in [4.78, 5) is 53.9. The van der Waals surface area contributed by atoms with E-state index in [1.165, 1.54) is 24.3 Å². The van der Waals surface area contributed by atoms with E-state index in [9.17, 15) is 19.2 Å². The van der Waals surface area contributed by atoms with Crippen LogP contribution in [0.15, 0.2) is 121 Å². The lowest BCUT2D eigenvalue weighted by atomic mass is 9.97. The number of rotatable bonds is 17. The fourth-order valence-corrected chi connectivity index (χ4v) is 5.24. The summed E-state index contributed by atoms with van der Waals surface area (Å²) in [5, 5.41) is 0. The van der Waals surface area contributed by atoms with Gasteiger partial charge in [-0.05, 0) is 48.5 Å². The number of ether oxygens (including phenoxy) is 8. The SMILES string of the molecule is C#CCOCCOCCO[C@H]1O[C@H](COC(=O)c2ccccc2)[C@@H](OC(=O)c2ccccc2)[C@H](OC(=O)c2ccccc2)[C@@H]1OC(=O)c1ccccc1. The van der Waals surface area contributed by atoms with Crippen molar-refractivity contribution < 1.29 is 57.1 Å². The van der Waals surface area contributed by atoms with Crippen LogP contribution in [0.4, 0.5) is 0 Å².